The molecule has 1 aliphatic rings. The van der Waals surface area contributed by atoms with Gasteiger partial charge in [-0.15, -0.1) is 0 Å². The van der Waals surface area contributed by atoms with Gasteiger partial charge in [0.2, 0.25) is 10.0 Å². The number of sulfonamides is 1. The predicted molar refractivity (Wildman–Crippen MR) is 84.7 cm³/mol. The highest BCUT2D eigenvalue weighted by Crippen LogP contribution is 2.33. The summed E-state index contributed by atoms with van der Waals surface area (Å²) in [6.07, 6.45) is 4.56. The van der Waals surface area contributed by atoms with E-state index in [-0.39, 0.29) is 10.4 Å². The quantitative estimate of drug-likeness (QED) is 0.873. The highest BCUT2D eigenvalue weighted by Gasteiger charge is 2.41. The summed E-state index contributed by atoms with van der Waals surface area (Å²) < 4.78 is 27.0. The van der Waals surface area contributed by atoms with Gasteiger partial charge >= 0.3 is 0 Å². The Hall–Kier alpha value is -1.79. The van der Waals surface area contributed by atoms with E-state index >= 15 is 0 Å². The Labute approximate surface area is 131 Å². The molecule has 1 aromatic heterocycles. The lowest BCUT2D eigenvalue weighted by atomic mass is 10.0. The molecule has 1 aromatic carbocycles. The van der Waals surface area contributed by atoms with Gasteiger partial charge < -0.3 is 0 Å². The molecule has 0 spiro atoms. The van der Waals surface area contributed by atoms with Gasteiger partial charge in [0.1, 0.15) is 4.90 Å². The molecule has 1 saturated heterocycles. The minimum Gasteiger partial charge on any atom is -0.235 e. The summed E-state index contributed by atoms with van der Waals surface area (Å²) in [5, 5.41) is 0. The molecule has 0 N–H and O–H groups in total. The van der Waals surface area contributed by atoms with Gasteiger partial charge in [-0.05, 0) is 26.7 Å². The molecular formula is C16H19N3O2S. The maximum absolute atomic E-state index is 12.7. The van der Waals surface area contributed by atoms with Crippen molar-refractivity contribution in [3.05, 3.63) is 42.7 Å². The van der Waals surface area contributed by atoms with Gasteiger partial charge in [0.05, 0.1) is 12.4 Å². The Morgan fingerprint density at radius 1 is 1.09 bits per heavy atom. The molecule has 1 aliphatic heterocycles. The van der Waals surface area contributed by atoms with Gasteiger partial charge in [-0.2, -0.15) is 4.31 Å². The first-order valence-electron chi connectivity index (χ1n) is 7.32. The van der Waals surface area contributed by atoms with Crippen molar-refractivity contribution in [1.29, 1.82) is 0 Å². The predicted octanol–water partition coefficient (Wildman–Crippen LogP) is 2.71. The first-order valence-corrected chi connectivity index (χ1v) is 8.76. The molecule has 0 amide bonds. The summed E-state index contributed by atoms with van der Waals surface area (Å²) >= 11 is 0. The van der Waals surface area contributed by atoms with Crippen LogP contribution in [0.1, 0.15) is 26.7 Å². The smallest absolute Gasteiger partial charge is 0.235 e. The standard InChI is InChI=1S/C16H19N3O2S/c1-16(2)9-6-10-19(16)22(20,21)14-11-17-15(18-12-14)13-7-4-3-5-8-13/h3-5,7-8,11-12H,6,9-10H2,1-2H3. The zero-order valence-electron chi connectivity index (χ0n) is 12.7. The van der Waals surface area contributed by atoms with Crippen LogP contribution in [0.25, 0.3) is 11.4 Å². The van der Waals surface area contributed by atoms with Gasteiger partial charge in [0, 0.05) is 17.6 Å². The van der Waals surface area contributed by atoms with Crippen LogP contribution < -0.4 is 0 Å². The molecule has 2 aromatic rings. The molecule has 6 heteroatoms. The van der Waals surface area contributed by atoms with Crippen molar-refractivity contribution in [3.8, 4) is 11.4 Å². The fourth-order valence-electron chi connectivity index (χ4n) is 2.84. The van der Waals surface area contributed by atoms with E-state index in [9.17, 15) is 8.42 Å². The van der Waals surface area contributed by atoms with Crippen LogP contribution >= 0.6 is 0 Å². The number of nitrogens with zero attached hydrogens (tertiary/aromatic N) is 3. The van der Waals surface area contributed by atoms with Crippen molar-refractivity contribution in [2.24, 2.45) is 0 Å². The van der Waals surface area contributed by atoms with E-state index in [4.69, 9.17) is 0 Å². The van der Waals surface area contributed by atoms with Gasteiger partial charge in [-0.25, -0.2) is 18.4 Å². The van der Waals surface area contributed by atoms with Crippen molar-refractivity contribution < 1.29 is 8.42 Å². The lowest BCUT2D eigenvalue weighted by Crippen LogP contribution is -2.42. The Bertz CT molecular complexity index is 756. The fraction of sp³-hybridized carbons (Fsp3) is 0.375. The molecule has 0 saturated carbocycles. The van der Waals surface area contributed by atoms with Crippen LogP contribution in [-0.2, 0) is 10.0 Å². The highest BCUT2D eigenvalue weighted by molar-refractivity contribution is 7.89. The molecule has 3 rings (SSSR count). The van der Waals surface area contributed by atoms with Crippen molar-refractivity contribution >= 4 is 10.0 Å². The molecule has 2 heterocycles. The molecule has 0 aliphatic carbocycles. The van der Waals surface area contributed by atoms with Crippen LogP contribution in [-0.4, -0.2) is 34.8 Å². The van der Waals surface area contributed by atoms with E-state index in [1.54, 1.807) is 4.31 Å². The van der Waals surface area contributed by atoms with Crippen LogP contribution in [0.15, 0.2) is 47.6 Å². The minimum atomic E-state index is -3.54. The lowest BCUT2D eigenvalue weighted by molar-refractivity contribution is 0.291. The van der Waals surface area contributed by atoms with Gasteiger partial charge in [-0.3, -0.25) is 0 Å². The second-order valence-electron chi connectivity index (χ2n) is 6.10. The van der Waals surface area contributed by atoms with Crippen LogP contribution in [0.4, 0.5) is 0 Å². The Morgan fingerprint density at radius 2 is 1.73 bits per heavy atom. The third-order valence-corrected chi connectivity index (χ3v) is 6.14. The second kappa shape index (κ2) is 5.44. The summed E-state index contributed by atoms with van der Waals surface area (Å²) in [5.41, 5.74) is 0.518. The average Bonchev–Trinajstić information content (AvgIpc) is 2.88. The van der Waals surface area contributed by atoms with E-state index in [0.29, 0.717) is 12.4 Å². The van der Waals surface area contributed by atoms with E-state index in [0.717, 1.165) is 18.4 Å². The third kappa shape index (κ3) is 2.64. The first kappa shape index (κ1) is 15.1. The zero-order chi connectivity index (χ0) is 15.8. The van der Waals surface area contributed by atoms with Crippen LogP contribution in [0.5, 0.6) is 0 Å². The molecule has 0 unspecified atom stereocenters. The van der Waals surface area contributed by atoms with E-state index in [2.05, 4.69) is 9.97 Å². The maximum atomic E-state index is 12.7. The number of rotatable bonds is 3. The highest BCUT2D eigenvalue weighted by atomic mass is 32.2. The number of aromatic nitrogens is 2. The molecule has 5 nitrogen and oxygen atoms in total. The molecule has 0 atom stereocenters. The van der Waals surface area contributed by atoms with E-state index in [1.165, 1.54) is 12.4 Å². The van der Waals surface area contributed by atoms with Crippen LogP contribution in [0, 0.1) is 0 Å². The fourth-order valence-corrected chi connectivity index (χ4v) is 4.58. The monoisotopic (exact) mass is 317 g/mol. The third-order valence-electron chi connectivity index (χ3n) is 4.07. The van der Waals surface area contributed by atoms with Crippen molar-refractivity contribution in [2.75, 3.05) is 6.54 Å². The summed E-state index contributed by atoms with van der Waals surface area (Å²) in [6.45, 7) is 4.46. The molecule has 0 bridgehead atoms. The number of hydrogen-bond donors (Lipinski definition) is 0. The molecule has 22 heavy (non-hydrogen) atoms. The molecule has 1 fully saturated rings. The Kier molecular flexibility index (Phi) is 3.74. The Balaban J connectivity index is 1.93. The maximum Gasteiger partial charge on any atom is 0.246 e. The SMILES string of the molecule is CC1(C)CCCN1S(=O)(=O)c1cnc(-c2ccccc2)nc1. The number of hydrogen-bond acceptors (Lipinski definition) is 4. The van der Waals surface area contributed by atoms with Crippen LogP contribution in [0.2, 0.25) is 0 Å². The van der Waals surface area contributed by atoms with E-state index in [1.807, 2.05) is 44.2 Å². The topological polar surface area (TPSA) is 63.2 Å². The average molecular weight is 317 g/mol. The summed E-state index contributed by atoms with van der Waals surface area (Å²) in [6, 6.07) is 9.50. The summed E-state index contributed by atoms with van der Waals surface area (Å²) in [5.74, 6) is 0.528. The van der Waals surface area contributed by atoms with Crippen molar-refractivity contribution in [3.63, 3.8) is 0 Å². The van der Waals surface area contributed by atoms with E-state index < -0.39 is 10.0 Å². The summed E-state index contributed by atoms with van der Waals surface area (Å²) in [4.78, 5) is 8.59. The second-order valence-corrected chi connectivity index (χ2v) is 7.96. The zero-order valence-corrected chi connectivity index (χ0v) is 13.5. The van der Waals surface area contributed by atoms with Gasteiger partial charge in [0.15, 0.2) is 5.82 Å². The van der Waals surface area contributed by atoms with Crippen molar-refractivity contribution in [1.82, 2.24) is 14.3 Å². The lowest BCUT2D eigenvalue weighted by Gasteiger charge is -2.30. The normalized spacial score (nSPS) is 18.5. The molecule has 0 radical (unpaired) electrons. The van der Waals surface area contributed by atoms with Gasteiger partial charge in [-0.1, -0.05) is 30.3 Å². The minimum absolute atomic E-state index is 0.155. The number of benzene rings is 1. The van der Waals surface area contributed by atoms with Crippen LogP contribution in [0.3, 0.4) is 0 Å². The largest absolute Gasteiger partial charge is 0.246 e. The van der Waals surface area contributed by atoms with Crippen molar-refractivity contribution in [2.45, 2.75) is 37.1 Å². The first-order chi connectivity index (χ1) is 10.4. The molecular weight excluding hydrogens is 298 g/mol. The Morgan fingerprint density at radius 3 is 2.27 bits per heavy atom. The molecule has 116 valence electrons. The van der Waals surface area contributed by atoms with Gasteiger partial charge in [0.25, 0.3) is 0 Å². The summed E-state index contributed by atoms with van der Waals surface area (Å²) in [7, 11) is -3.54.